The highest BCUT2D eigenvalue weighted by atomic mass is 15.2. The molecular weight excluding hydrogens is 368 g/mol. The Balaban J connectivity index is 1.65. The third kappa shape index (κ3) is 8.41. The fraction of sp³-hybridized carbons (Fsp3) is 1.00. The quantitative estimate of drug-likeness (QED) is 0.510. The van der Waals surface area contributed by atoms with Gasteiger partial charge >= 0.3 is 0 Å². The first-order chi connectivity index (χ1) is 13.6. The minimum Gasteiger partial charge on any atom is -0.307 e. The molecule has 2 aliphatic heterocycles. The van der Waals surface area contributed by atoms with E-state index in [1.165, 1.54) is 64.5 Å². The molecule has 0 atom stereocenters. The maximum absolute atomic E-state index is 3.81. The van der Waals surface area contributed by atoms with E-state index in [1.54, 1.807) is 0 Å². The van der Waals surface area contributed by atoms with Gasteiger partial charge in [0, 0.05) is 34.2 Å². The number of hydrogen-bond donors (Lipinski definition) is 2. The van der Waals surface area contributed by atoms with E-state index in [0.29, 0.717) is 12.1 Å². The molecule has 2 aliphatic rings. The summed E-state index contributed by atoms with van der Waals surface area (Å²) in [5.74, 6) is 0. The average Bonchev–Trinajstić information content (AvgIpc) is 2.51. The zero-order valence-corrected chi connectivity index (χ0v) is 22.1. The first kappa shape index (κ1) is 26.1. The number of hydrogen-bond acceptors (Lipinski definition) is 4. The molecule has 0 radical (unpaired) electrons. The first-order valence-corrected chi connectivity index (χ1v) is 12.6. The van der Waals surface area contributed by atoms with Crippen molar-refractivity contribution in [2.45, 2.75) is 141 Å². The molecule has 2 N–H and O–H groups in total. The summed E-state index contributed by atoms with van der Waals surface area (Å²) >= 11 is 0. The van der Waals surface area contributed by atoms with Crippen LogP contribution in [0.15, 0.2) is 0 Å². The van der Waals surface area contributed by atoms with E-state index in [4.69, 9.17) is 0 Å². The molecule has 0 bridgehead atoms. The van der Waals surface area contributed by atoms with Gasteiger partial charge in [-0.1, -0.05) is 12.8 Å². The van der Waals surface area contributed by atoms with Crippen molar-refractivity contribution in [3.63, 3.8) is 0 Å². The van der Waals surface area contributed by atoms with Gasteiger partial charge in [0.05, 0.1) is 0 Å². The summed E-state index contributed by atoms with van der Waals surface area (Å²) in [6, 6.07) is 1.41. The van der Waals surface area contributed by atoms with Gasteiger partial charge in [0.2, 0.25) is 0 Å². The van der Waals surface area contributed by atoms with Crippen molar-refractivity contribution in [3.05, 3.63) is 0 Å². The van der Waals surface area contributed by atoms with E-state index in [1.807, 2.05) is 0 Å². The molecule has 0 saturated carbocycles. The van der Waals surface area contributed by atoms with Crippen LogP contribution in [-0.2, 0) is 0 Å². The molecule has 0 aromatic heterocycles. The summed E-state index contributed by atoms with van der Waals surface area (Å²) in [5.41, 5.74) is 0.956. The number of piperidine rings is 2. The molecule has 0 amide bonds. The SMILES string of the molecule is CN(CCCCCCN(C)C1CC(C)(C)NC(C)(C)C1)C1CC(C)(C)NC(C)(C)C1. The Morgan fingerprint density at radius 2 is 0.800 bits per heavy atom. The topological polar surface area (TPSA) is 30.5 Å². The zero-order valence-electron chi connectivity index (χ0n) is 22.1. The van der Waals surface area contributed by atoms with Crippen LogP contribution in [0, 0.1) is 0 Å². The predicted molar refractivity (Wildman–Crippen MR) is 132 cm³/mol. The van der Waals surface area contributed by atoms with Gasteiger partial charge in [-0.3, -0.25) is 0 Å². The predicted octanol–water partition coefficient (Wildman–Crippen LogP) is 5.03. The highest BCUT2D eigenvalue weighted by Gasteiger charge is 2.40. The fourth-order valence-corrected chi connectivity index (χ4v) is 6.60. The number of rotatable bonds is 9. The fourth-order valence-electron chi connectivity index (χ4n) is 6.60. The van der Waals surface area contributed by atoms with Crippen LogP contribution in [0.3, 0.4) is 0 Å². The lowest BCUT2D eigenvalue weighted by Gasteiger charge is -2.49. The molecule has 4 heteroatoms. The van der Waals surface area contributed by atoms with E-state index >= 15 is 0 Å². The molecule has 0 unspecified atom stereocenters. The molecule has 30 heavy (non-hydrogen) atoms. The van der Waals surface area contributed by atoms with E-state index in [2.05, 4.69) is 89.9 Å². The van der Waals surface area contributed by atoms with Crippen molar-refractivity contribution in [1.82, 2.24) is 20.4 Å². The highest BCUT2D eigenvalue weighted by Crippen LogP contribution is 2.32. The second-order valence-corrected chi connectivity index (χ2v) is 13.3. The van der Waals surface area contributed by atoms with Gasteiger partial charge < -0.3 is 20.4 Å². The molecule has 178 valence electrons. The van der Waals surface area contributed by atoms with Gasteiger partial charge in [0.1, 0.15) is 0 Å². The lowest BCUT2D eigenvalue weighted by Crippen LogP contribution is -2.61. The monoisotopic (exact) mass is 422 g/mol. The maximum atomic E-state index is 3.81. The van der Waals surface area contributed by atoms with Gasteiger partial charge in [-0.25, -0.2) is 0 Å². The van der Waals surface area contributed by atoms with Crippen molar-refractivity contribution >= 4 is 0 Å². The normalized spacial score (nSPS) is 26.4. The summed E-state index contributed by atoms with van der Waals surface area (Å²) in [6.45, 7) is 21.3. The van der Waals surface area contributed by atoms with Gasteiger partial charge in [0.15, 0.2) is 0 Å². The van der Waals surface area contributed by atoms with Crippen LogP contribution in [0.4, 0.5) is 0 Å². The number of unbranched alkanes of at least 4 members (excludes halogenated alkanes) is 3. The minimum atomic E-state index is 0.239. The Kier molecular flexibility index (Phi) is 8.50. The molecule has 2 heterocycles. The van der Waals surface area contributed by atoms with E-state index < -0.39 is 0 Å². The summed E-state index contributed by atoms with van der Waals surface area (Å²) in [6.07, 6.45) is 10.4. The van der Waals surface area contributed by atoms with Gasteiger partial charge in [-0.15, -0.1) is 0 Å². The van der Waals surface area contributed by atoms with Crippen LogP contribution in [0.5, 0.6) is 0 Å². The maximum Gasteiger partial charge on any atom is 0.0145 e. The van der Waals surface area contributed by atoms with Crippen LogP contribution in [0.2, 0.25) is 0 Å². The molecule has 2 saturated heterocycles. The molecule has 0 aromatic carbocycles. The summed E-state index contributed by atoms with van der Waals surface area (Å²) in [4.78, 5) is 5.27. The Morgan fingerprint density at radius 1 is 0.533 bits per heavy atom. The Morgan fingerprint density at radius 3 is 1.07 bits per heavy atom. The summed E-state index contributed by atoms with van der Waals surface area (Å²) in [7, 11) is 4.69. The van der Waals surface area contributed by atoms with Gasteiger partial charge in [0.25, 0.3) is 0 Å². The first-order valence-electron chi connectivity index (χ1n) is 12.6. The highest BCUT2D eigenvalue weighted by molar-refractivity contribution is 5.00. The Labute approximate surface area is 188 Å². The standard InChI is InChI=1S/C26H54N4/c1-23(2)17-21(18-24(3,4)27-23)29(9)15-13-11-12-14-16-30(10)22-19-25(5,6)28-26(7,8)20-22/h21-22,27-28H,11-20H2,1-10H3. The van der Waals surface area contributed by atoms with E-state index in [9.17, 15) is 0 Å². The molecule has 2 rings (SSSR count). The van der Waals surface area contributed by atoms with Crippen molar-refractivity contribution in [2.24, 2.45) is 0 Å². The van der Waals surface area contributed by atoms with Gasteiger partial charge in [-0.05, 0) is 121 Å². The largest absolute Gasteiger partial charge is 0.307 e. The lowest BCUT2D eigenvalue weighted by atomic mass is 9.79. The molecule has 0 aromatic rings. The third-order valence-electron chi connectivity index (χ3n) is 7.36. The van der Waals surface area contributed by atoms with Crippen LogP contribution >= 0.6 is 0 Å². The van der Waals surface area contributed by atoms with Crippen LogP contribution in [0.25, 0.3) is 0 Å². The third-order valence-corrected chi connectivity index (χ3v) is 7.36. The van der Waals surface area contributed by atoms with Crippen LogP contribution < -0.4 is 10.6 Å². The van der Waals surface area contributed by atoms with E-state index in [0.717, 1.165) is 0 Å². The van der Waals surface area contributed by atoms with Crippen LogP contribution in [-0.4, -0.2) is 71.2 Å². The molecule has 4 nitrogen and oxygen atoms in total. The number of nitrogens with one attached hydrogen (secondary N) is 2. The average molecular weight is 423 g/mol. The number of nitrogens with zero attached hydrogens (tertiary/aromatic N) is 2. The molecule has 0 aliphatic carbocycles. The Hall–Kier alpha value is -0.160. The van der Waals surface area contributed by atoms with E-state index in [-0.39, 0.29) is 22.2 Å². The second-order valence-electron chi connectivity index (χ2n) is 13.3. The molecule has 0 spiro atoms. The van der Waals surface area contributed by atoms with Crippen molar-refractivity contribution in [2.75, 3.05) is 27.2 Å². The van der Waals surface area contributed by atoms with Crippen molar-refractivity contribution < 1.29 is 0 Å². The van der Waals surface area contributed by atoms with Crippen molar-refractivity contribution in [3.8, 4) is 0 Å². The van der Waals surface area contributed by atoms with Crippen molar-refractivity contribution in [1.29, 1.82) is 0 Å². The minimum absolute atomic E-state index is 0.239. The molecular formula is C26H54N4. The Bertz CT molecular complexity index is 457. The summed E-state index contributed by atoms with van der Waals surface area (Å²) in [5, 5.41) is 7.63. The second kappa shape index (κ2) is 9.77. The van der Waals surface area contributed by atoms with Crippen LogP contribution in [0.1, 0.15) is 107 Å². The summed E-state index contributed by atoms with van der Waals surface area (Å²) < 4.78 is 0. The van der Waals surface area contributed by atoms with Gasteiger partial charge in [-0.2, -0.15) is 0 Å². The zero-order chi connectivity index (χ0) is 22.8. The lowest BCUT2D eigenvalue weighted by molar-refractivity contribution is 0.0782. The molecule has 2 fully saturated rings. The smallest absolute Gasteiger partial charge is 0.0145 e.